The van der Waals surface area contributed by atoms with Crippen molar-refractivity contribution in [2.75, 3.05) is 6.54 Å². The normalized spacial score (nSPS) is 20.7. The van der Waals surface area contributed by atoms with Gasteiger partial charge in [0, 0.05) is 24.9 Å². The molecule has 1 saturated heterocycles. The molecule has 1 N–H and O–H groups in total. The number of carboxylic acid groups (broad SMARTS) is 1. The largest absolute Gasteiger partial charge is 0.480 e. The van der Waals surface area contributed by atoms with E-state index in [2.05, 4.69) is 0 Å². The van der Waals surface area contributed by atoms with Crippen LogP contribution in [0.15, 0.2) is 24.3 Å². The number of hydrogen-bond donors (Lipinski definition) is 1. The Hall–Kier alpha value is -2.17. The Labute approximate surface area is 142 Å². The monoisotopic (exact) mass is 331 g/mol. The lowest BCUT2D eigenvalue weighted by Gasteiger charge is -2.36. The van der Waals surface area contributed by atoms with Gasteiger partial charge in [0.15, 0.2) is 5.78 Å². The molecule has 0 radical (unpaired) electrons. The number of amides is 1. The molecule has 5 nitrogen and oxygen atoms in total. The fourth-order valence-corrected chi connectivity index (χ4v) is 3.11. The molecule has 0 aliphatic carbocycles. The standard InChI is InChI=1S/C19H25NO4/c1-3-14-4-6-15(7-5-14)17(21)8-9-18(22)20-11-10-13(2)12-16(20)19(23)24/h4-7,13,16H,3,8-12H2,1-2H3,(H,23,24). The van der Waals surface area contributed by atoms with E-state index in [-0.39, 0.29) is 24.5 Å². The minimum Gasteiger partial charge on any atom is -0.480 e. The van der Waals surface area contributed by atoms with Gasteiger partial charge < -0.3 is 10.0 Å². The van der Waals surface area contributed by atoms with E-state index in [1.165, 1.54) is 4.90 Å². The van der Waals surface area contributed by atoms with E-state index < -0.39 is 12.0 Å². The summed E-state index contributed by atoms with van der Waals surface area (Å²) in [5.41, 5.74) is 1.76. The van der Waals surface area contributed by atoms with Crippen LogP contribution in [-0.4, -0.2) is 40.3 Å². The van der Waals surface area contributed by atoms with E-state index in [9.17, 15) is 19.5 Å². The summed E-state index contributed by atoms with van der Waals surface area (Å²) in [6.45, 7) is 4.51. The van der Waals surface area contributed by atoms with E-state index in [1.807, 2.05) is 26.0 Å². The second kappa shape index (κ2) is 8.08. The molecule has 1 aromatic carbocycles. The molecule has 1 aliphatic heterocycles. The van der Waals surface area contributed by atoms with Gasteiger partial charge in [0.05, 0.1) is 0 Å². The molecule has 5 heteroatoms. The number of aryl methyl sites for hydroxylation is 1. The summed E-state index contributed by atoms with van der Waals surface area (Å²) in [5, 5.41) is 9.32. The second-order valence-electron chi connectivity index (χ2n) is 6.54. The lowest BCUT2D eigenvalue weighted by molar-refractivity contribution is -0.153. The number of carboxylic acids is 1. The average Bonchev–Trinajstić information content (AvgIpc) is 2.59. The first-order valence-electron chi connectivity index (χ1n) is 8.56. The minimum atomic E-state index is -0.962. The van der Waals surface area contributed by atoms with Gasteiger partial charge in [-0.25, -0.2) is 4.79 Å². The molecule has 2 unspecified atom stereocenters. The molecule has 1 fully saturated rings. The first-order chi connectivity index (χ1) is 11.4. The van der Waals surface area contributed by atoms with Gasteiger partial charge in [-0.1, -0.05) is 38.1 Å². The van der Waals surface area contributed by atoms with Crippen LogP contribution in [-0.2, 0) is 16.0 Å². The Morgan fingerprint density at radius 3 is 2.42 bits per heavy atom. The van der Waals surface area contributed by atoms with Crippen molar-refractivity contribution in [3.05, 3.63) is 35.4 Å². The molecule has 1 aliphatic rings. The number of hydrogen-bond acceptors (Lipinski definition) is 3. The van der Waals surface area contributed by atoms with E-state index in [0.29, 0.717) is 24.4 Å². The lowest BCUT2D eigenvalue weighted by atomic mass is 9.92. The zero-order valence-corrected chi connectivity index (χ0v) is 14.3. The maximum absolute atomic E-state index is 12.4. The molecular weight excluding hydrogens is 306 g/mol. The van der Waals surface area contributed by atoms with Crippen molar-refractivity contribution < 1.29 is 19.5 Å². The SMILES string of the molecule is CCc1ccc(C(=O)CCC(=O)N2CCC(C)CC2C(=O)O)cc1. The molecule has 1 amide bonds. The van der Waals surface area contributed by atoms with Crippen LogP contribution in [0.1, 0.15) is 55.5 Å². The van der Waals surface area contributed by atoms with Crippen LogP contribution in [0.4, 0.5) is 0 Å². The fraction of sp³-hybridized carbons (Fsp3) is 0.526. The molecular formula is C19H25NO4. The molecule has 0 saturated carbocycles. The zero-order valence-electron chi connectivity index (χ0n) is 14.3. The molecule has 0 bridgehead atoms. The summed E-state index contributed by atoms with van der Waals surface area (Å²) >= 11 is 0. The number of benzene rings is 1. The number of rotatable bonds is 6. The summed E-state index contributed by atoms with van der Waals surface area (Å²) < 4.78 is 0. The molecule has 0 spiro atoms. The summed E-state index contributed by atoms with van der Waals surface area (Å²) in [4.78, 5) is 37.4. The van der Waals surface area contributed by atoms with Crippen molar-refractivity contribution in [2.24, 2.45) is 5.92 Å². The minimum absolute atomic E-state index is 0.0620. The highest BCUT2D eigenvalue weighted by Crippen LogP contribution is 2.24. The van der Waals surface area contributed by atoms with Crippen LogP contribution < -0.4 is 0 Å². The first-order valence-corrected chi connectivity index (χ1v) is 8.56. The summed E-state index contributed by atoms with van der Waals surface area (Å²) in [5.74, 6) is -0.985. The smallest absolute Gasteiger partial charge is 0.326 e. The van der Waals surface area contributed by atoms with Crippen LogP contribution in [0.5, 0.6) is 0 Å². The Bertz CT molecular complexity index is 608. The topological polar surface area (TPSA) is 74.7 Å². The van der Waals surface area contributed by atoms with E-state index in [1.54, 1.807) is 12.1 Å². The number of likely N-dealkylation sites (tertiary alicyclic amines) is 1. The van der Waals surface area contributed by atoms with Gasteiger partial charge in [-0.3, -0.25) is 9.59 Å². The average molecular weight is 331 g/mol. The van der Waals surface area contributed by atoms with Crippen molar-refractivity contribution in [1.29, 1.82) is 0 Å². The van der Waals surface area contributed by atoms with Crippen molar-refractivity contribution >= 4 is 17.7 Å². The first kappa shape index (κ1) is 18.2. The number of aliphatic carboxylic acids is 1. The van der Waals surface area contributed by atoms with Crippen LogP contribution in [0, 0.1) is 5.92 Å². The van der Waals surface area contributed by atoms with E-state index >= 15 is 0 Å². The maximum atomic E-state index is 12.4. The number of Topliss-reactive ketones (excluding diaryl/α,β-unsaturated/α-hetero) is 1. The van der Waals surface area contributed by atoms with Gasteiger partial charge in [-0.15, -0.1) is 0 Å². The number of ketones is 1. The van der Waals surface area contributed by atoms with E-state index in [0.717, 1.165) is 18.4 Å². The summed E-state index contributed by atoms with van der Waals surface area (Å²) in [6.07, 6.45) is 2.38. The van der Waals surface area contributed by atoms with Crippen molar-refractivity contribution in [3.8, 4) is 0 Å². The number of piperidine rings is 1. The molecule has 24 heavy (non-hydrogen) atoms. The third-order valence-corrected chi connectivity index (χ3v) is 4.72. The Morgan fingerprint density at radius 1 is 1.17 bits per heavy atom. The van der Waals surface area contributed by atoms with Crippen molar-refractivity contribution in [1.82, 2.24) is 4.90 Å². The summed E-state index contributed by atoms with van der Waals surface area (Å²) in [6, 6.07) is 6.64. The van der Waals surface area contributed by atoms with Gasteiger partial charge in [-0.05, 0) is 30.7 Å². The third kappa shape index (κ3) is 4.43. The fourth-order valence-electron chi connectivity index (χ4n) is 3.11. The predicted octanol–water partition coefficient (Wildman–Crippen LogP) is 2.92. The molecule has 2 atom stereocenters. The maximum Gasteiger partial charge on any atom is 0.326 e. The highest BCUT2D eigenvalue weighted by Gasteiger charge is 2.34. The van der Waals surface area contributed by atoms with Gasteiger partial charge in [0.1, 0.15) is 6.04 Å². The third-order valence-electron chi connectivity index (χ3n) is 4.72. The van der Waals surface area contributed by atoms with Gasteiger partial charge in [0.2, 0.25) is 5.91 Å². The lowest BCUT2D eigenvalue weighted by Crippen LogP contribution is -2.49. The molecule has 1 aromatic rings. The van der Waals surface area contributed by atoms with Gasteiger partial charge in [-0.2, -0.15) is 0 Å². The molecule has 1 heterocycles. The van der Waals surface area contributed by atoms with Crippen LogP contribution in [0.25, 0.3) is 0 Å². The quantitative estimate of drug-likeness (QED) is 0.813. The second-order valence-corrected chi connectivity index (χ2v) is 6.54. The number of nitrogens with zero attached hydrogens (tertiary/aromatic N) is 1. The van der Waals surface area contributed by atoms with Crippen LogP contribution >= 0.6 is 0 Å². The Kier molecular flexibility index (Phi) is 6.12. The molecule has 130 valence electrons. The van der Waals surface area contributed by atoms with Crippen molar-refractivity contribution in [3.63, 3.8) is 0 Å². The molecule has 2 rings (SSSR count). The van der Waals surface area contributed by atoms with Gasteiger partial charge in [0.25, 0.3) is 0 Å². The predicted molar refractivity (Wildman–Crippen MR) is 90.9 cm³/mol. The van der Waals surface area contributed by atoms with E-state index in [4.69, 9.17) is 0 Å². The highest BCUT2D eigenvalue weighted by molar-refractivity contribution is 5.98. The zero-order chi connectivity index (χ0) is 17.7. The number of carbonyl (C=O) groups is 3. The van der Waals surface area contributed by atoms with Gasteiger partial charge >= 0.3 is 5.97 Å². The van der Waals surface area contributed by atoms with Crippen LogP contribution in [0.2, 0.25) is 0 Å². The van der Waals surface area contributed by atoms with Crippen molar-refractivity contribution in [2.45, 2.75) is 52.0 Å². The Morgan fingerprint density at radius 2 is 1.83 bits per heavy atom. The van der Waals surface area contributed by atoms with Crippen LogP contribution in [0.3, 0.4) is 0 Å². The number of carbonyl (C=O) groups excluding carboxylic acids is 2. The molecule has 0 aromatic heterocycles. The Balaban J connectivity index is 1.93. The summed E-state index contributed by atoms with van der Waals surface area (Å²) in [7, 11) is 0. The highest BCUT2D eigenvalue weighted by atomic mass is 16.4.